The Bertz CT molecular complexity index is 1060. The van der Waals surface area contributed by atoms with Crippen molar-refractivity contribution in [2.45, 2.75) is 20.8 Å². The number of nitrogens with zero attached hydrogens (tertiary/aromatic N) is 4. The molecule has 4 heterocycles. The van der Waals surface area contributed by atoms with E-state index in [9.17, 15) is 4.79 Å². The van der Waals surface area contributed by atoms with Gasteiger partial charge in [0.25, 0.3) is 0 Å². The van der Waals surface area contributed by atoms with E-state index in [-0.39, 0.29) is 5.91 Å². The standard InChI is InChI=1S/C22H25N5O3/c1-15-12-18(17(3)27(15)21-13-16(2)30-25-21)4-7-22(28)24-19-5-6-20(23-14-19)26-8-10-29-11-9-26/h4-7,12-14H,8-11H2,1-3H3,(H,24,28)/b7-4+. The summed E-state index contributed by atoms with van der Waals surface area (Å²) in [6, 6.07) is 7.68. The van der Waals surface area contributed by atoms with Crippen LogP contribution in [0, 0.1) is 20.8 Å². The zero-order valence-electron chi connectivity index (χ0n) is 17.4. The third-order valence-electron chi connectivity index (χ3n) is 5.08. The lowest BCUT2D eigenvalue weighted by Crippen LogP contribution is -2.36. The van der Waals surface area contributed by atoms with Gasteiger partial charge in [0.2, 0.25) is 5.91 Å². The van der Waals surface area contributed by atoms with Crippen molar-refractivity contribution in [3.05, 3.63) is 59.2 Å². The molecule has 3 aromatic heterocycles. The fourth-order valence-electron chi connectivity index (χ4n) is 3.56. The monoisotopic (exact) mass is 407 g/mol. The van der Waals surface area contributed by atoms with E-state index in [0.717, 1.165) is 47.4 Å². The summed E-state index contributed by atoms with van der Waals surface area (Å²) in [5.41, 5.74) is 3.61. The lowest BCUT2D eigenvalue weighted by Gasteiger charge is -2.27. The van der Waals surface area contributed by atoms with Crippen LogP contribution in [0.15, 0.2) is 41.1 Å². The van der Waals surface area contributed by atoms with Crippen LogP contribution in [0.4, 0.5) is 11.5 Å². The van der Waals surface area contributed by atoms with Gasteiger partial charge in [-0.05, 0) is 50.6 Å². The number of nitrogens with one attached hydrogen (secondary N) is 1. The first-order valence-electron chi connectivity index (χ1n) is 9.92. The molecule has 1 amide bonds. The van der Waals surface area contributed by atoms with E-state index in [4.69, 9.17) is 9.26 Å². The third-order valence-corrected chi connectivity index (χ3v) is 5.08. The van der Waals surface area contributed by atoms with Gasteiger partial charge in [0, 0.05) is 36.6 Å². The van der Waals surface area contributed by atoms with Crippen LogP contribution in [-0.2, 0) is 9.53 Å². The molecule has 4 rings (SSSR count). The second kappa shape index (κ2) is 8.54. The molecule has 0 spiro atoms. The van der Waals surface area contributed by atoms with E-state index in [1.165, 1.54) is 6.08 Å². The van der Waals surface area contributed by atoms with Crippen molar-refractivity contribution in [2.75, 3.05) is 36.5 Å². The van der Waals surface area contributed by atoms with Gasteiger partial charge in [-0.3, -0.25) is 9.36 Å². The molecule has 0 saturated carbocycles. The maximum absolute atomic E-state index is 12.4. The first-order chi connectivity index (χ1) is 14.5. The Hall–Kier alpha value is -3.39. The van der Waals surface area contributed by atoms with Crippen molar-refractivity contribution in [1.82, 2.24) is 14.7 Å². The van der Waals surface area contributed by atoms with Crippen molar-refractivity contribution in [3.8, 4) is 5.82 Å². The molecule has 1 fully saturated rings. The van der Waals surface area contributed by atoms with E-state index >= 15 is 0 Å². The lowest BCUT2D eigenvalue weighted by atomic mass is 10.2. The fourth-order valence-corrected chi connectivity index (χ4v) is 3.56. The molecule has 3 aromatic rings. The summed E-state index contributed by atoms with van der Waals surface area (Å²) >= 11 is 0. The first kappa shape index (κ1) is 19.9. The number of anilines is 2. The van der Waals surface area contributed by atoms with E-state index in [0.29, 0.717) is 18.9 Å². The molecule has 0 bridgehead atoms. The van der Waals surface area contributed by atoms with Crippen LogP contribution in [-0.4, -0.2) is 46.9 Å². The Kier molecular flexibility index (Phi) is 5.67. The van der Waals surface area contributed by atoms with Crippen molar-refractivity contribution < 1.29 is 14.1 Å². The molecule has 1 saturated heterocycles. The van der Waals surface area contributed by atoms with Crippen LogP contribution in [0.3, 0.4) is 0 Å². The number of aryl methyl sites for hydroxylation is 2. The molecule has 8 heteroatoms. The third kappa shape index (κ3) is 4.28. The molecular formula is C22H25N5O3. The number of hydrogen-bond donors (Lipinski definition) is 1. The number of carbonyl (C=O) groups excluding carboxylic acids is 1. The highest BCUT2D eigenvalue weighted by Crippen LogP contribution is 2.22. The zero-order chi connectivity index (χ0) is 21.1. The minimum Gasteiger partial charge on any atom is -0.378 e. The Morgan fingerprint density at radius 2 is 1.93 bits per heavy atom. The van der Waals surface area contributed by atoms with Gasteiger partial charge in [-0.1, -0.05) is 5.16 Å². The second-order valence-electron chi connectivity index (χ2n) is 7.28. The normalized spacial score (nSPS) is 14.4. The molecular weight excluding hydrogens is 382 g/mol. The van der Waals surface area contributed by atoms with Crippen LogP contribution in [0.2, 0.25) is 0 Å². The molecule has 0 unspecified atom stereocenters. The molecule has 0 atom stereocenters. The minimum absolute atomic E-state index is 0.210. The Morgan fingerprint density at radius 1 is 1.13 bits per heavy atom. The number of hydrogen-bond acceptors (Lipinski definition) is 6. The molecule has 8 nitrogen and oxygen atoms in total. The quantitative estimate of drug-likeness (QED) is 0.654. The topological polar surface area (TPSA) is 85.4 Å². The average molecular weight is 407 g/mol. The molecule has 1 N–H and O–H groups in total. The van der Waals surface area contributed by atoms with Crippen LogP contribution >= 0.6 is 0 Å². The van der Waals surface area contributed by atoms with Crippen LogP contribution < -0.4 is 10.2 Å². The number of amides is 1. The molecule has 0 aromatic carbocycles. The van der Waals surface area contributed by atoms with E-state index < -0.39 is 0 Å². The maximum atomic E-state index is 12.4. The van der Waals surface area contributed by atoms with Gasteiger partial charge in [0.05, 0.1) is 25.1 Å². The summed E-state index contributed by atoms with van der Waals surface area (Å²) in [6.07, 6.45) is 5.00. The molecule has 0 aliphatic carbocycles. The van der Waals surface area contributed by atoms with Gasteiger partial charge < -0.3 is 19.5 Å². The molecule has 1 aliphatic heterocycles. The highest BCUT2D eigenvalue weighted by molar-refractivity contribution is 6.02. The van der Waals surface area contributed by atoms with E-state index in [2.05, 4.69) is 20.4 Å². The molecule has 156 valence electrons. The Morgan fingerprint density at radius 3 is 2.60 bits per heavy atom. The number of rotatable bonds is 5. The molecule has 1 aliphatic rings. The lowest BCUT2D eigenvalue weighted by molar-refractivity contribution is -0.111. The van der Waals surface area contributed by atoms with Crippen molar-refractivity contribution in [1.29, 1.82) is 0 Å². The van der Waals surface area contributed by atoms with Gasteiger partial charge >= 0.3 is 0 Å². The number of ether oxygens (including phenoxy) is 1. The molecule has 30 heavy (non-hydrogen) atoms. The van der Waals surface area contributed by atoms with Crippen LogP contribution in [0.1, 0.15) is 22.7 Å². The maximum Gasteiger partial charge on any atom is 0.248 e. The Labute approximate surface area is 175 Å². The van der Waals surface area contributed by atoms with Gasteiger partial charge in [-0.2, -0.15) is 0 Å². The first-order valence-corrected chi connectivity index (χ1v) is 9.92. The smallest absolute Gasteiger partial charge is 0.248 e. The summed E-state index contributed by atoms with van der Waals surface area (Å²) in [4.78, 5) is 19.0. The summed E-state index contributed by atoms with van der Waals surface area (Å²) in [5.74, 6) is 2.17. The van der Waals surface area contributed by atoms with Gasteiger partial charge in [-0.25, -0.2) is 4.98 Å². The van der Waals surface area contributed by atoms with Gasteiger partial charge in [0.15, 0.2) is 5.82 Å². The van der Waals surface area contributed by atoms with Crippen molar-refractivity contribution in [2.24, 2.45) is 0 Å². The predicted octanol–water partition coefficient (Wildman–Crippen LogP) is 3.27. The summed E-state index contributed by atoms with van der Waals surface area (Å²) < 4.78 is 12.5. The summed E-state index contributed by atoms with van der Waals surface area (Å²) in [5, 5.41) is 6.93. The van der Waals surface area contributed by atoms with Crippen molar-refractivity contribution >= 4 is 23.5 Å². The van der Waals surface area contributed by atoms with Crippen LogP contribution in [0.25, 0.3) is 11.9 Å². The largest absolute Gasteiger partial charge is 0.378 e. The highest BCUT2D eigenvalue weighted by atomic mass is 16.5. The second-order valence-corrected chi connectivity index (χ2v) is 7.28. The summed E-state index contributed by atoms with van der Waals surface area (Å²) in [6.45, 7) is 8.92. The number of carbonyl (C=O) groups is 1. The zero-order valence-corrected chi connectivity index (χ0v) is 17.4. The van der Waals surface area contributed by atoms with E-state index in [1.54, 1.807) is 12.3 Å². The van der Waals surface area contributed by atoms with E-state index in [1.807, 2.05) is 49.6 Å². The average Bonchev–Trinajstić information content (AvgIpc) is 3.29. The number of pyridine rings is 1. The van der Waals surface area contributed by atoms with Crippen LogP contribution in [0.5, 0.6) is 0 Å². The van der Waals surface area contributed by atoms with Crippen molar-refractivity contribution in [3.63, 3.8) is 0 Å². The van der Waals surface area contributed by atoms with Gasteiger partial charge in [0.1, 0.15) is 11.6 Å². The minimum atomic E-state index is -0.210. The predicted molar refractivity (Wildman–Crippen MR) is 115 cm³/mol. The molecule has 0 radical (unpaired) electrons. The number of aromatic nitrogens is 3. The van der Waals surface area contributed by atoms with Gasteiger partial charge in [-0.15, -0.1) is 0 Å². The number of morpholine rings is 1. The highest BCUT2D eigenvalue weighted by Gasteiger charge is 2.13. The SMILES string of the molecule is Cc1cc(-n2c(C)cc(/C=C/C(=O)Nc3ccc(N4CCOCC4)nc3)c2C)no1. The fraction of sp³-hybridized carbons (Fsp3) is 0.318. The summed E-state index contributed by atoms with van der Waals surface area (Å²) in [7, 11) is 0. The Balaban J connectivity index is 1.42.